The Kier molecular flexibility index (Phi) is 4.75. The summed E-state index contributed by atoms with van der Waals surface area (Å²) in [6.45, 7) is 9.43. The number of nitrogens with zero attached hydrogens (tertiary/aromatic N) is 4. The van der Waals surface area contributed by atoms with E-state index in [-0.39, 0.29) is 11.9 Å². The first-order chi connectivity index (χ1) is 13.4. The molecule has 0 saturated heterocycles. The molecule has 0 unspecified atom stereocenters. The molecule has 5 heteroatoms. The Labute approximate surface area is 166 Å². The number of hydrogen-bond acceptors (Lipinski definition) is 3. The normalized spacial score (nSPS) is 16.1. The fraction of sp³-hybridized carbons (Fsp3) is 0.348. The second-order valence-electron chi connectivity index (χ2n) is 7.85. The number of rotatable bonds is 3. The number of amides is 1. The van der Waals surface area contributed by atoms with Gasteiger partial charge in [0.15, 0.2) is 5.82 Å². The topological polar surface area (TPSA) is 51.0 Å². The largest absolute Gasteiger partial charge is 0.329 e. The third-order valence-electron chi connectivity index (χ3n) is 5.66. The molecule has 144 valence electrons. The molecule has 0 radical (unpaired) electrons. The van der Waals surface area contributed by atoms with Gasteiger partial charge in [-0.05, 0) is 56.0 Å². The Balaban J connectivity index is 1.59. The van der Waals surface area contributed by atoms with Gasteiger partial charge in [-0.15, -0.1) is 10.2 Å². The Morgan fingerprint density at radius 3 is 2.50 bits per heavy atom. The third-order valence-corrected chi connectivity index (χ3v) is 5.66. The van der Waals surface area contributed by atoms with E-state index in [4.69, 9.17) is 0 Å². The lowest BCUT2D eigenvalue weighted by atomic mass is 9.99. The Morgan fingerprint density at radius 1 is 1.04 bits per heavy atom. The molecule has 2 heterocycles. The van der Waals surface area contributed by atoms with Crippen LogP contribution >= 0.6 is 0 Å². The Bertz CT molecular complexity index is 1020. The lowest BCUT2D eigenvalue weighted by molar-refractivity contribution is 0.0679. The standard InChI is InChI=1S/C23H26N4O/c1-15-10-17(3)20(11-16(15)2)23(28)26-13-18(4)27-21(24-25-22(27)14-26)12-19-8-6-5-7-9-19/h5-11,18H,12-14H2,1-4H3/t18-/m0/s1. The van der Waals surface area contributed by atoms with Crippen molar-refractivity contribution in [3.05, 3.63) is 81.9 Å². The summed E-state index contributed by atoms with van der Waals surface area (Å²) in [5.41, 5.74) is 5.39. The van der Waals surface area contributed by atoms with Gasteiger partial charge in [0.25, 0.3) is 5.91 Å². The highest BCUT2D eigenvalue weighted by Gasteiger charge is 2.30. The minimum atomic E-state index is 0.0753. The average molecular weight is 374 g/mol. The lowest BCUT2D eigenvalue weighted by Gasteiger charge is -2.33. The Morgan fingerprint density at radius 2 is 1.75 bits per heavy atom. The average Bonchev–Trinajstić information content (AvgIpc) is 3.08. The molecule has 1 atom stereocenters. The number of carbonyl (C=O) groups is 1. The molecular formula is C23H26N4O. The van der Waals surface area contributed by atoms with E-state index in [1.807, 2.05) is 36.1 Å². The van der Waals surface area contributed by atoms with Crippen molar-refractivity contribution in [1.29, 1.82) is 0 Å². The van der Waals surface area contributed by atoms with E-state index >= 15 is 0 Å². The van der Waals surface area contributed by atoms with E-state index in [1.54, 1.807) is 0 Å². The summed E-state index contributed by atoms with van der Waals surface area (Å²) < 4.78 is 2.20. The van der Waals surface area contributed by atoms with Gasteiger partial charge in [-0.25, -0.2) is 0 Å². The molecule has 3 aromatic rings. The van der Waals surface area contributed by atoms with Crippen LogP contribution in [0.15, 0.2) is 42.5 Å². The zero-order chi connectivity index (χ0) is 19.8. The zero-order valence-corrected chi connectivity index (χ0v) is 16.9. The summed E-state index contributed by atoms with van der Waals surface area (Å²) in [7, 11) is 0. The van der Waals surface area contributed by atoms with Crippen LogP contribution in [-0.4, -0.2) is 32.1 Å². The van der Waals surface area contributed by atoms with Crippen LogP contribution in [-0.2, 0) is 13.0 Å². The maximum absolute atomic E-state index is 13.2. The minimum absolute atomic E-state index is 0.0753. The molecule has 0 bridgehead atoms. The van der Waals surface area contributed by atoms with Gasteiger partial charge >= 0.3 is 0 Å². The van der Waals surface area contributed by atoms with Crippen LogP contribution in [0, 0.1) is 20.8 Å². The van der Waals surface area contributed by atoms with Crippen LogP contribution in [0.4, 0.5) is 0 Å². The highest BCUT2D eigenvalue weighted by molar-refractivity contribution is 5.96. The van der Waals surface area contributed by atoms with Crippen LogP contribution in [0.3, 0.4) is 0 Å². The summed E-state index contributed by atoms with van der Waals surface area (Å²) in [6, 6.07) is 14.6. The van der Waals surface area contributed by atoms with E-state index in [0.29, 0.717) is 13.1 Å². The molecule has 0 fully saturated rings. The van der Waals surface area contributed by atoms with E-state index < -0.39 is 0 Å². The first-order valence-corrected chi connectivity index (χ1v) is 9.77. The Hall–Kier alpha value is -2.95. The van der Waals surface area contributed by atoms with Crippen molar-refractivity contribution in [2.24, 2.45) is 0 Å². The van der Waals surface area contributed by atoms with E-state index in [0.717, 1.165) is 34.8 Å². The summed E-state index contributed by atoms with van der Waals surface area (Å²) in [5, 5.41) is 8.83. The molecule has 0 saturated carbocycles. The summed E-state index contributed by atoms with van der Waals surface area (Å²) in [6.07, 6.45) is 0.752. The van der Waals surface area contributed by atoms with Crippen LogP contribution in [0.2, 0.25) is 0 Å². The molecule has 1 amide bonds. The van der Waals surface area contributed by atoms with E-state index in [1.165, 1.54) is 11.1 Å². The first-order valence-electron chi connectivity index (χ1n) is 9.77. The van der Waals surface area contributed by atoms with Crippen LogP contribution in [0.5, 0.6) is 0 Å². The van der Waals surface area contributed by atoms with Crippen molar-refractivity contribution in [2.45, 2.75) is 46.7 Å². The minimum Gasteiger partial charge on any atom is -0.329 e. The first kappa shape index (κ1) is 18.4. The van der Waals surface area contributed by atoms with Crippen molar-refractivity contribution in [2.75, 3.05) is 6.54 Å². The number of fused-ring (bicyclic) bond motifs is 1. The number of aryl methyl sites for hydroxylation is 3. The maximum Gasteiger partial charge on any atom is 0.254 e. The van der Waals surface area contributed by atoms with Crippen LogP contribution < -0.4 is 0 Å². The van der Waals surface area contributed by atoms with Gasteiger partial charge < -0.3 is 9.47 Å². The molecule has 0 aliphatic carbocycles. The molecule has 0 spiro atoms. The second kappa shape index (κ2) is 7.23. The third kappa shape index (κ3) is 3.33. The van der Waals surface area contributed by atoms with Crippen LogP contribution in [0.1, 0.15) is 57.2 Å². The van der Waals surface area contributed by atoms with Crippen molar-refractivity contribution < 1.29 is 4.79 Å². The van der Waals surface area contributed by atoms with Gasteiger partial charge in [0.05, 0.1) is 12.6 Å². The predicted molar refractivity (Wildman–Crippen MR) is 109 cm³/mol. The zero-order valence-electron chi connectivity index (χ0n) is 16.9. The molecular weight excluding hydrogens is 348 g/mol. The summed E-state index contributed by atoms with van der Waals surface area (Å²) in [5.74, 6) is 1.90. The fourth-order valence-corrected chi connectivity index (χ4v) is 4.03. The highest BCUT2D eigenvalue weighted by Crippen LogP contribution is 2.25. The fourth-order valence-electron chi connectivity index (χ4n) is 4.03. The van der Waals surface area contributed by atoms with Gasteiger partial charge in [0.2, 0.25) is 0 Å². The molecule has 1 aromatic heterocycles. The van der Waals surface area contributed by atoms with Crippen LogP contribution in [0.25, 0.3) is 0 Å². The quantitative estimate of drug-likeness (QED) is 0.696. The molecule has 1 aliphatic rings. The maximum atomic E-state index is 13.2. The van der Waals surface area contributed by atoms with Gasteiger partial charge in [-0.1, -0.05) is 36.4 Å². The van der Waals surface area contributed by atoms with Gasteiger partial charge in [-0.2, -0.15) is 0 Å². The van der Waals surface area contributed by atoms with Crippen molar-refractivity contribution in [1.82, 2.24) is 19.7 Å². The molecule has 5 nitrogen and oxygen atoms in total. The second-order valence-corrected chi connectivity index (χ2v) is 7.85. The van der Waals surface area contributed by atoms with Gasteiger partial charge in [-0.3, -0.25) is 4.79 Å². The van der Waals surface area contributed by atoms with Crippen molar-refractivity contribution in [3.63, 3.8) is 0 Å². The predicted octanol–water partition coefficient (Wildman–Crippen LogP) is 4.01. The number of aromatic nitrogens is 3. The van der Waals surface area contributed by atoms with Crippen molar-refractivity contribution in [3.8, 4) is 0 Å². The number of hydrogen-bond donors (Lipinski definition) is 0. The van der Waals surface area contributed by atoms with E-state index in [9.17, 15) is 4.79 Å². The molecule has 1 aliphatic heterocycles. The SMILES string of the molecule is Cc1cc(C)c(C(=O)N2Cc3nnc(Cc4ccccc4)n3[C@@H](C)C2)cc1C. The van der Waals surface area contributed by atoms with Gasteiger partial charge in [0.1, 0.15) is 5.82 Å². The summed E-state index contributed by atoms with van der Waals surface area (Å²) >= 11 is 0. The summed E-state index contributed by atoms with van der Waals surface area (Å²) in [4.78, 5) is 15.1. The molecule has 2 aromatic carbocycles. The number of benzene rings is 2. The molecule has 4 rings (SSSR count). The van der Waals surface area contributed by atoms with Crippen molar-refractivity contribution >= 4 is 5.91 Å². The monoisotopic (exact) mass is 374 g/mol. The van der Waals surface area contributed by atoms with E-state index in [2.05, 4.69) is 53.7 Å². The highest BCUT2D eigenvalue weighted by atomic mass is 16.2. The smallest absolute Gasteiger partial charge is 0.254 e. The lowest BCUT2D eigenvalue weighted by Crippen LogP contribution is -2.41. The number of carbonyl (C=O) groups excluding carboxylic acids is 1. The molecule has 28 heavy (non-hydrogen) atoms. The van der Waals surface area contributed by atoms with Gasteiger partial charge in [0, 0.05) is 18.5 Å². The molecule has 0 N–H and O–H groups in total.